The zero-order chi connectivity index (χ0) is 73.2. The summed E-state index contributed by atoms with van der Waals surface area (Å²) in [6, 6.07) is 111. The molecule has 0 aliphatic heterocycles. The number of rotatable bonds is 25. The van der Waals surface area contributed by atoms with Gasteiger partial charge in [-0.05, 0) is 242 Å². The van der Waals surface area contributed by atoms with Crippen molar-refractivity contribution in [3.05, 3.63) is 301 Å². The van der Waals surface area contributed by atoms with Gasteiger partial charge in [0, 0.05) is 124 Å². The van der Waals surface area contributed by atoms with Gasteiger partial charge in [-0.15, -0.1) is 68.0 Å². The summed E-state index contributed by atoms with van der Waals surface area (Å²) in [6.07, 6.45) is 18.4. The SMILES string of the molecule is CCCCCCCCc1ccc(-c2ccc(-c3ccc(-c4ccc5c(c4)c4cc6c(cc4n5-c4ccccc4)c4cc(-c5ccc7c(c5)c5cc8c(cc5n7-c5ccccc5)c5cc(-c7ccc(-c9ccc(-c%10ccc(CCCCCCCC)s%10)s9)s7)ccc5n8-c5ccccc5)ccc4n6-c4ccccc4)s3)s2)s1. The van der Waals surface area contributed by atoms with E-state index in [0.717, 1.165) is 22.7 Å². The summed E-state index contributed by atoms with van der Waals surface area (Å²) in [4.78, 5) is 16.3. The van der Waals surface area contributed by atoms with Crippen LogP contribution in [0.3, 0.4) is 0 Å². The summed E-state index contributed by atoms with van der Waals surface area (Å²) in [5.41, 5.74) is 18.8. The second-order valence-electron chi connectivity index (χ2n) is 29.6. The highest BCUT2D eigenvalue weighted by Crippen LogP contribution is 2.49. The fourth-order valence-corrected chi connectivity index (χ4v) is 23.5. The molecule has 10 heteroatoms. The number of aryl methyl sites for hydroxylation is 2. The number of unbranched alkanes of at least 4 members (excludes halogenated alkanes) is 10. The van der Waals surface area contributed by atoms with Crippen LogP contribution in [-0.4, -0.2) is 18.3 Å². The smallest absolute Gasteiger partial charge is 0.0548 e. The van der Waals surface area contributed by atoms with E-state index in [9.17, 15) is 0 Å². The van der Waals surface area contributed by atoms with Crippen molar-refractivity contribution in [2.75, 3.05) is 0 Å². The number of benzene rings is 10. The molecule has 0 N–H and O–H groups in total. The Bertz CT molecular complexity index is 6350. The predicted octanol–water partition coefficient (Wildman–Crippen LogP) is 31.9. The molecule has 0 saturated heterocycles. The number of thiophene rings is 6. The molecule has 0 saturated carbocycles. The van der Waals surface area contributed by atoms with Crippen LogP contribution in [0.4, 0.5) is 0 Å². The minimum Gasteiger partial charge on any atom is -0.309 e. The molecule has 0 aliphatic carbocycles. The summed E-state index contributed by atoms with van der Waals surface area (Å²) in [7, 11) is 0. The van der Waals surface area contributed by atoms with E-state index < -0.39 is 0 Å². The molecule has 10 aromatic heterocycles. The average molecular weight is 1530 g/mol. The van der Waals surface area contributed by atoms with E-state index in [-0.39, 0.29) is 0 Å². The standard InChI is InChI=1S/C100H82N4S6/c1-3-5-7-9-11-25-35-73-41-47-93(105-73)95-53-55-99(109-95)97-51-49-91(107-97)67-39-45-85-77(59-67)81-63-87-79(61-89(81)103(85)71-31-21-15-22-32-71)75-57-65(37-43-83(75)101(87)69-27-17-13-18-28-69)66-38-44-84-76(58-66)80-62-90-82(64-88(80)102(84)70-29-19-14-20-30-70)78-60-68(40-46-86(78)104(90)72-33-23-16-24-34-72)92-50-52-98(108-92)100-56-54-96(110-100)94-48-42-74(106-94)36-26-12-10-8-6-4-2/h13-24,27-34,37-64H,3-12,25-26,35-36H2,1-2H3. The monoisotopic (exact) mass is 1530 g/mol. The van der Waals surface area contributed by atoms with Gasteiger partial charge in [-0.25, -0.2) is 0 Å². The van der Waals surface area contributed by atoms with Crippen LogP contribution >= 0.6 is 68.0 Å². The van der Waals surface area contributed by atoms with E-state index >= 15 is 0 Å². The third-order valence-electron chi connectivity index (χ3n) is 22.5. The van der Waals surface area contributed by atoms with Crippen molar-refractivity contribution in [3.8, 4) is 93.8 Å². The average Bonchev–Trinajstić information content (AvgIpc) is 1.56. The lowest BCUT2D eigenvalue weighted by Gasteiger charge is -2.09. The number of aromatic nitrogens is 4. The van der Waals surface area contributed by atoms with Crippen molar-refractivity contribution < 1.29 is 0 Å². The largest absolute Gasteiger partial charge is 0.309 e. The van der Waals surface area contributed by atoms with Gasteiger partial charge in [0.05, 0.1) is 44.1 Å². The first kappa shape index (κ1) is 68.8. The van der Waals surface area contributed by atoms with Gasteiger partial charge in [0.2, 0.25) is 0 Å². The summed E-state index contributed by atoms with van der Waals surface area (Å²) in [6.45, 7) is 4.59. The quantitative estimate of drug-likeness (QED) is 0.0508. The maximum atomic E-state index is 2.49. The molecular formula is C100H82N4S6. The predicted molar refractivity (Wildman–Crippen MR) is 483 cm³/mol. The normalized spacial score (nSPS) is 12.1. The third-order valence-corrected chi connectivity index (χ3v) is 30.0. The molecule has 10 heterocycles. The second-order valence-corrected chi connectivity index (χ2v) is 36.3. The van der Waals surface area contributed by atoms with E-state index in [1.165, 1.54) is 258 Å². The van der Waals surface area contributed by atoms with Crippen LogP contribution < -0.4 is 0 Å². The lowest BCUT2D eigenvalue weighted by atomic mass is 10.00. The highest BCUT2D eigenvalue weighted by atomic mass is 32.1. The van der Waals surface area contributed by atoms with E-state index in [4.69, 9.17) is 0 Å². The van der Waals surface area contributed by atoms with E-state index in [1.54, 1.807) is 0 Å². The first-order valence-electron chi connectivity index (χ1n) is 39.4. The van der Waals surface area contributed by atoms with Crippen LogP contribution in [0, 0.1) is 0 Å². The molecule has 0 amide bonds. The van der Waals surface area contributed by atoms with Crippen LogP contribution in [0.1, 0.15) is 101 Å². The molecule has 538 valence electrons. The Morgan fingerprint density at radius 2 is 0.427 bits per heavy atom. The number of fused-ring (bicyclic) bond motifs is 12. The minimum absolute atomic E-state index is 1.14. The first-order chi connectivity index (χ1) is 54.4. The molecule has 0 spiro atoms. The maximum absolute atomic E-state index is 2.49. The first-order valence-corrected chi connectivity index (χ1v) is 44.3. The summed E-state index contributed by atoms with van der Waals surface area (Å²) in [5.74, 6) is 0. The van der Waals surface area contributed by atoms with Gasteiger partial charge in [-0.1, -0.05) is 175 Å². The van der Waals surface area contributed by atoms with Gasteiger partial charge in [0.15, 0.2) is 0 Å². The van der Waals surface area contributed by atoms with Crippen LogP contribution in [0.15, 0.2) is 291 Å². The van der Waals surface area contributed by atoms with Crippen molar-refractivity contribution in [2.45, 2.75) is 104 Å². The van der Waals surface area contributed by atoms with E-state index in [2.05, 4.69) is 323 Å². The molecule has 0 bridgehead atoms. The van der Waals surface area contributed by atoms with Crippen molar-refractivity contribution >= 4 is 155 Å². The highest BCUT2D eigenvalue weighted by molar-refractivity contribution is 7.28. The Morgan fingerprint density at radius 3 is 0.736 bits per heavy atom. The minimum atomic E-state index is 1.14. The van der Waals surface area contributed by atoms with Gasteiger partial charge < -0.3 is 18.3 Å². The lowest BCUT2D eigenvalue weighted by molar-refractivity contribution is 0.609. The Labute approximate surface area is 666 Å². The molecule has 0 radical (unpaired) electrons. The Hall–Kier alpha value is -10.4. The molecule has 0 fully saturated rings. The van der Waals surface area contributed by atoms with Crippen LogP contribution in [-0.2, 0) is 12.8 Å². The van der Waals surface area contributed by atoms with Crippen LogP contribution in [0.25, 0.3) is 181 Å². The van der Waals surface area contributed by atoms with Crippen molar-refractivity contribution in [1.82, 2.24) is 18.3 Å². The zero-order valence-electron chi connectivity index (χ0n) is 61.9. The van der Waals surface area contributed by atoms with Crippen molar-refractivity contribution in [1.29, 1.82) is 0 Å². The summed E-state index contributed by atoms with van der Waals surface area (Å²) in [5, 5.41) is 9.79. The number of nitrogens with zero attached hydrogens (tertiary/aromatic N) is 4. The Balaban J connectivity index is 0.674. The van der Waals surface area contributed by atoms with Crippen LogP contribution in [0.2, 0.25) is 0 Å². The molecule has 4 nitrogen and oxygen atoms in total. The Morgan fingerprint density at radius 1 is 0.191 bits per heavy atom. The molecule has 0 unspecified atom stereocenters. The van der Waals surface area contributed by atoms with E-state index in [1.807, 2.05) is 68.0 Å². The van der Waals surface area contributed by atoms with Crippen molar-refractivity contribution in [2.24, 2.45) is 0 Å². The van der Waals surface area contributed by atoms with Gasteiger partial charge in [0.25, 0.3) is 0 Å². The molecule has 20 rings (SSSR count). The molecule has 0 atom stereocenters. The Kier molecular flexibility index (Phi) is 18.6. The molecule has 20 aromatic rings. The number of hydrogen-bond acceptors (Lipinski definition) is 6. The lowest BCUT2D eigenvalue weighted by Crippen LogP contribution is -1.94. The molecule has 10 aromatic carbocycles. The van der Waals surface area contributed by atoms with Crippen LogP contribution in [0.5, 0.6) is 0 Å². The molecular weight excluding hydrogens is 1450 g/mol. The van der Waals surface area contributed by atoms with Gasteiger partial charge in [-0.3, -0.25) is 0 Å². The van der Waals surface area contributed by atoms with Crippen molar-refractivity contribution in [3.63, 3.8) is 0 Å². The van der Waals surface area contributed by atoms with Gasteiger partial charge >= 0.3 is 0 Å². The molecule has 0 aliphatic rings. The van der Waals surface area contributed by atoms with E-state index in [0.29, 0.717) is 0 Å². The third kappa shape index (κ3) is 12.7. The molecule has 110 heavy (non-hydrogen) atoms. The zero-order valence-corrected chi connectivity index (χ0v) is 66.7. The maximum Gasteiger partial charge on any atom is 0.0548 e. The summed E-state index contributed by atoms with van der Waals surface area (Å²) < 4.78 is 9.95. The fourth-order valence-electron chi connectivity index (χ4n) is 17.1. The second kappa shape index (κ2) is 29.8. The number of hydrogen-bond donors (Lipinski definition) is 0. The number of para-hydroxylation sites is 4. The summed E-state index contributed by atoms with van der Waals surface area (Å²) >= 11 is 11.6. The van der Waals surface area contributed by atoms with Gasteiger partial charge in [-0.2, -0.15) is 0 Å². The topological polar surface area (TPSA) is 19.7 Å². The highest BCUT2D eigenvalue weighted by Gasteiger charge is 2.25. The van der Waals surface area contributed by atoms with Gasteiger partial charge in [0.1, 0.15) is 0 Å². The fraction of sp³-hybridized carbons (Fsp3) is 0.160.